The van der Waals surface area contributed by atoms with Gasteiger partial charge in [-0.15, -0.1) is 0 Å². The zero-order valence-electron chi connectivity index (χ0n) is 28.4. The maximum Gasteiger partial charge on any atom is 0.143 e. The van der Waals surface area contributed by atoms with E-state index in [9.17, 15) is 0 Å². The molecular weight excluding hydrogens is 631 g/mol. The molecular formula is C50H33NO. The van der Waals surface area contributed by atoms with Gasteiger partial charge < -0.3 is 9.32 Å². The van der Waals surface area contributed by atoms with E-state index in [2.05, 4.69) is 199 Å². The van der Waals surface area contributed by atoms with E-state index >= 15 is 0 Å². The van der Waals surface area contributed by atoms with Gasteiger partial charge in [-0.3, -0.25) is 0 Å². The van der Waals surface area contributed by atoms with Crippen molar-refractivity contribution in [1.82, 2.24) is 0 Å². The summed E-state index contributed by atoms with van der Waals surface area (Å²) in [4.78, 5) is 2.42. The van der Waals surface area contributed by atoms with E-state index in [1.165, 1.54) is 38.6 Å². The molecule has 244 valence electrons. The second-order valence-corrected chi connectivity index (χ2v) is 13.3. The van der Waals surface area contributed by atoms with Crippen LogP contribution >= 0.6 is 0 Å². The van der Waals surface area contributed by atoms with Crippen molar-refractivity contribution in [3.05, 3.63) is 200 Å². The lowest BCUT2D eigenvalue weighted by atomic mass is 9.93. The highest BCUT2D eigenvalue weighted by Gasteiger charge is 2.22. The average molecular weight is 664 g/mol. The zero-order chi connectivity index (χ0) is 34.4. The molecule has 1 aromatic heterocycles. The average Bonchev–Trinajstić information content (AvgIpc) is 3.61. The third kappa shape index (κ3) is 5.04. The molecule has 10 aromatic rings. The Balaban J connectivity index is 1.16. The molecule has 0 aliphatic carbocycles. The largest absolute Gasteiger partial charge is 0.455 e. The minimum absolute atomic E-state index is 0.903. The summed E-state index contributed by atoms with van der Waals surface area (Å²) in [6.45, 7) is 0. The molecule has 0 bridgehead atoms. The molecule has 0 aliphatic heterocycles. The molecule has 10 rings (SSSR count). The first-order chi connectivity index (χ1) is 25.8. The van der Waals surface area contributed by atoms with Crippen LogP contribution in [0.2, 0.25) is 0 Å². The summed E-state index contributed by atoms with van der Waals surface area (Å²) in [5.74, 6) is 0. The zero-order valence-corrected chi connectivity index (χ0v) is 28.4. The van der Waals surface area contributed by atoms with Gasteiger partial charge in [-0.05, 0) is 75.0 Å². The minimum atomic E-state index is 0.903. The summed E-state index contributed by atoms with van der Waals surface area (Å²) in [7, 11) is 0. The van der Waals surface area contributed by atoms with Crippen LogP contribution in [0.15, 0.2) is 205 Å². The van der Waals surface area contributed by atoms with Gasteiger partial charge in [0.1, 0.15) is 11.2 Å². The molecule has 0 spiro atoms. The molecule has 52 heavy (non-hydrogen) atoms. The van der Waals surface area contributed by atoms with E-state index in [1.54, 1.807) is 0 Å². The summed E-state index contributed by atoms with van der Waals surface area (Å²) in [5, 5.41) is 6.92. The second-order valence-electron chi connectivity index (χ2n) is 13.3. The van der Waals surface area contributed by atoms with Crippen LogP contribution in [0.1, 0.15) is 0 Å². The van der Waals surface area contributed by atoms with Crippen molar-refractivity contribution in [2.24, 2.45) is 0 Å². The van der Waals surface area contributed by atoms with Gasteiger partial charge >= 0.3 is 0 Å². The van der Waals surface area contributed by atoms with Gasteiger partial charge in [0.15, 0.2) is 0 Å². The molecule has 0 atom stereocenters. The second kappa shape index (κ2) is 12.5. The molecule has 0 saturated carbocycles. The molecule has 0 aliphatic rings. The Bertz CT molecular complexity index is 2880. The Morgan fingerprint density at radius 1 is 0.327 bits per heavy atom. The van der Waals surface area contributed by atoms with Crippen molar-refractivity contribution in [3.8, 4) is 33.4 Å². The summed E-state index contributed by atoms with van der Waals surface area (Å²) in [6.07, 6.45) is 0. The predicted molar refractivity (Wildman–Crippen MR) is 220 cm³/mol. The maximum atomic E-state index is 6.49. The molecule has 0 saturated heterocycles. The molecule has 2 nitrogen and oxygen atoms in total. The number of benzene rings is 9. The lowest BCUT2D eigenvalue weighted by Gasteiger charge is -2.29. The first kappa shape index (κ1) is 30.0. The van der Waals surface area contributed by atoms with Gasteiger partial charge in [0.25, 0.3) is 0 Å². The predicted octanol–water partition coefficient (Wildman–Crippen LogP) is 14.4. The van der Waals surface area contributed by atoms with Gasteiger partial charge in [0.2, 0.25) is 0 Å². The molecule has 0 amide bonds. The Morgan fingerprint density at radius 3 is 1.63 bits per heavy atom. The molecule has 9 aromatic carbocycles. The molecule has 0 N–H and O–H groups in total. The number of rotatable bonds is 6. The summed E-state index contributed by atoms with van der Waals surface area (Å²) in [5.41, 5.74) is 12.3. The van der Waals surface area contributed by atoms with Crippen molar-refractivity contribution in [2.75, 3.05) is 4.90 Å². The molecule has 1 heterocycles. The molecule has 0 radical (unpaired) electrons. The van der Waals surface area contributed by atoms with E-state index in [0.717, 1.165) is 55.3 Å². The van der Waals surface area contributed by atoms with Crippen molar-refractivity contribution in [2.45, 2.75) is 0 Å². The number of para-hydroxylation sites is 2. The fourth-order valence-corrected chi connectivity index (χ4v) is 7.77. The van der Waals surface area contributed by atoms with Gasteiger partial charge in [-0.1, -0.05) is 164 Å². The first-order valence-corrected chi connectivity index (χ1v) is 17.8. The third-order valence-electron chi connectivity index (χ3n) is 10.3. The summed E-state index contributed by atoms with van der Waals surface area (Å²) in [6, 6.07) is 71.7. The standard InChI is InChI=1S/C50H33NO/c1-2-13-34(14-3-1)35-25-27-36(28-26-35)37-29-31-39(32-30-37)51(47-23-12-16-38-15-4-5-17-40(38)47)48-22-10-8-19-42(48)45-33-46-43-20-9-11-24-49(43)52-50(46)44-21-7-6-18-41(44)45/h1-33H. The van der Waals surface area contributed by atoms with Crippen LogP contribution in [0.4, 0.5) is 17.1 Å². The summed E-state index contributed by atoms with van der Waals surface area (Å²) >= 11 is 0. The number of fused-ring (bicyclic) bond motifs is 6. The monoisotopic (exact) mass is 663 g/mol. The van der Waals surface area contributed by atoms with E-state index in [1.807, 2.05) is 6.07 Å². The van der Waals surface area contributed by atoms with E-state index in [4.69, 9.17) is 4.42 Å². The number of hydrogen-bond acceptors (Lipinski definition) is 2. The lowest BCUT2D eigenvalue weighted by Crippen LogP contribution is -2.11. The van der Waals surface area contributed by atoms with Gasteiger partial charge in [-0.2, -0.15) is 0 Å². The number of hydrogen-bond donors (Lipinski definition) is 0. The Morgan fingerprint density at radius 2 is 0.865 bits per heavy atom. The van der Waals surface area contributed by atoms with Crippen LogP contribution in [-0.4, -0.2) is 0 Å². The van der Waals surface area contributed by atoms with E-state index < -0.39 is 0 Å². The topological polar surface area (TPSA) is 16.4 Å². The quantitative estimate of drug-likeness (QED) is 0.176. The maximum absolute atomic E-state index is 6.49. The third-order valence-corrected chi connectivity index (χ3v) is 10.3. The lowest BCUT2D eigenvalue weighted by molar-refractivity contribution is 0.672. The van der Waals surface area contributed by atoms with Gasteiger partial charge in [-0.25, -0.2) is 0 Å². The first-order valence-electron chi connectivity index (χ1n) is 17.8. The number of anilines is 3. The van der Waals surface area contributed by atoms with Gasteiger partial charge in [0.05, 0.1) is 11.4 Å². The van der Waals surface area contributed by atoms with Crippen LogP contribution < -0.4 is 4.90 Å². The Labute approximate surface area is 302 Å². The molecule has 0 unspecified atom stereocenters. The highest BCUT2D eigenvalue weighted by molar-refractivity contribution is 6.20. The van der Waals surface area contributed by atoms with Crippen LogP contribution in [0.5, 0.6) is 0 Å². The van der Waals surface area contributed by atoms with E-state index in [-0.39, 0.29) is 0 Å². The highest BCUT2D eigenvalue weighted by Crippen LogP contribution is 2.47. The van der Waals surface area contributed by atoms with Crippen molar-refractivity contribution < 1.29 is 4.42 Å². The van der Waals surface area contributed by atoms with Crippen LogP contribution in [0.25, 0.3) is 76.9 Å². The van der Waals surface area contributed by atoms with Gasteiger partial charge in [0, 0.05) is 32.8 Å². The number of nitrogens with zero attached hydrogens (tertiary/aromatic N) is 1. The fourth-order valence-electron chi connectivity index (χ4n) is 7.77. The van der Waals surface area contributed by atoms with Crippen LogP contribution in [0, 0.1) is 0 Å². The molecule has 0 fully saturated rings. The molecule has 2 heteroatoms. The number of furan rings is 1. The van der Waals surface area contributed by atoms with Crippen molar-refractivity contribution >= 4 is 60.5 Å². The fraction of sp³-hybridized carbons (Fsp3) is 0. The minimum Gasteiger partial charge on any atom is -0.455 e. The summed E-state index contributed by atoms with van der Waals surface area (Å²) < 4.78 is 6.49. The Kier molecular flexibility index (Phi) is 7.18. The Hall–Kier alpha value is -6.90. The van der Waals surface area contributed by atoms with E-state index in [0.29, 0.717) is 0 Å². The normalized spacial score (nSPS) is 11.5. The van der Waals surface area contributed by atoms with Crippen molar-refractivity contribution in [3.63, 3.8) is 0 Å². The highest BCUT2D eigenvalue weighted by atomic mass is 16.3. The van der Waals surface area contributed by atoms with Crippen LogP contribution in [0.3, 0.4) is 0 Å². The van der Waals surface area contributed by atoms with Crippen LogP contribution in [-0.2, 0) is 0 Å². The smallest absolute Gasteiger partial charge is 0.143 e. The van der Waals surface area contributed by atoms with Crippen molar-refractivity contribution in [1.29, 1.82) is 0 Å². The SMILES string of the molecule is c1ccc(-c2ccc(-c3ccc(N(c4ccccc4-c4cc5c6ccccc6oc5c5ccccc45)c4cccc5ccccc45)cc3)cc2)cc1.